The van der Waals surface area contributed by atoms with Gasteiger partial charge < -0.3 is 0 Å². The van der Waals surface area contributed by atoms with Crippen molar-refractivity contribution >= 4 is 26.0 Å². The summed E-state index contributed by atoms with van der Waals surface area (Å²) in [5.74, 6) is 0. The van der Waals surface area contributed by atoms with Gasteiger partial charge in [0.2, 0.25) is 10.0 Å². The quantitative estimate of drug-likeness (QED) is 0.765. The van der Waals surface area contributed by atoms with Crippen molar-refractivity contribution in [3.05, 3.63) is 29.8 Å². The van der Waals surface area contributed by atoms with E-state index in [2.05, 4.69) is 27.9 Å². The van der Waals surface area contributed by atoms with Gasteiger partial charge in [-0.3, -0.25) is 4.90 Å². The van der Waals surface area contributed by atoms with Crippen LogP contribution in [0.4, 0.5) is 0 Å². The first-order chi connectivity index (χ1) is 10.0. The molecule has 2 fully saturated rings. The Morgan fingerprint density at radius 1 is 1.14 bits per heavy atom. The van der Waals surface area contributed by atoms with Crippen molar-refractivity contribution in [1.29, 1.82) is 0 Å². The van der Waals surface area contributed by atoms with Crippen molar-refractivity contribution < 1.29 is 8.42 Å². The normalized spacial score (nSPS) is 27.7. The molecule has 6 heteroatoms. The van der Waals surface area contributed by atoms with Gasteiger partial charge in [0.05, 0.1) is 4.90 Å². The molecule has 0 saturated carbocycles. The van der Waals surface area contributed by atoms with E-state index in [0.29, 0.717) is 30.1 Å². The molecule has 2 atom stereocenters. The number of benzene rings is 1. The highest BCUT2D eigenvalue weighted by atomic mass is 79.9. The summed E-state index contributed by atoms with van der Waals surface area (Å²) >= 11 is 3.38. The maximum Gasteiger partial charge on any atom is 0.243 e. The summed E-state index contributed by atoms with van der Waals surface area (Å²) in [5.41, 5.74) is 1.09. The highest BCUT2D eigenvalue weighted by Crippen LogP contribution is 2.31. The van der Waals surface area contributed by atoms with E-state index >= 15 is 0 Å². The molecule has 0 amide bonds. The van der Waals surface area contributed by atoms with E-state index in [-0.39, 0.29) is 0 Å². The van der Waals surface area contributed by atoms with Crippen LogP contribution in [0.3, 0.4) is 0 Å². The van der Waals surface area contributed by atoms with Gasteiger partial charge in [0.1, 0.15) is 0 Å². The van der Waals surface area contributed by atoms with Crippen LogP contribution in [0, 0.1) is 0 Å². The van der Waals surface area contributed by atoms with Crippen LogP contribution >= 0.6 is 15.9 Å². The minimum absolute atomic E-state index is 0.370. The van der Waals surface area contributed by atoms with Gasteiger partial charge in [-0.2, -0.15) is 4.31 Å². The maximum atomic E-state index is 12.8. The minimum atomic E-state index is -3.36. The molecule has 2 aliphatic heterocycles. The zero-order valence-corrected chi connectivity index (χ0v) is 14.6. The number of hydrogen-bond acceptors (Lipinski definition) is 3. The number of nitrogens with zero attached hydrogens (tertiary/aromatic N) is 2. The molecule has 1 aromatic carbocycles. The Morgan fingerprint density at radius 2 is 1.81 bits per heavy atom. The molecule has 2 heterocycles. The second-order valence-corrected chi connectivity index (χ2v) is 8.48. The van der Waals surface area contributed by atoms with Crippen LogP contribution in [0.5, 0.6) is 0 Å². The SMILES string of the molecule is CN1C2CCC1CN(S(=O)(=O)c1ccc(CBr)cc1)CC2. The van der Waals surface area contributed by atoms with E-state index in [0.717, 1.165) is 23.7 Å². The largest absolute Gasteiger partial charge is 0.299 e. The van der Waals surface area contributed by atoms with Crippen molar-refractivity contribution in [3.8, 4) is 0 Å². The molecule has 21 heavy (non-hydrogen) atoms. The van der Waals surface area contributed by atoms with Gasteiger partial charge in [0.25, 0.3) is 0 Å². The van der Waals surface area contributed by atoms with Crippen LogP contribution in [0.25, 0.3) is 0 Å². The second-order valence-electron chi connectivity index (χ2n) is 5.98. The first-order valence-corrected chi connectivity index (χ1v) is 9.95. The number of halogens is 1. The first kappa shape index (κ1) is 15.5. The lowest BCUT2D eigenvalue weighted by molar-refractivity contribution is 0.246. The molecule has 0 aromatic heterocycles. The van der Waals surface area contributed by atoms with Crippen molar-refractivity contribution in [1.82, 2.24) is 9.21 Å². The number of likely N-dealkylation sites (N-methyl/N-ethyl adjacent to an activating group) is 1. The Bertz CT molecular complexity index is 603. The van der Waals surface area contributed by atoms with Crippen LogP contribution in [-0.2, 0) is 15.4 Å². The summed E-state index contributed by atoms with van der Waals surface area (Å²) in [4.78, 5) is 2.77. The van der Waals surface area contributed by atoms with Gasteiger partial charge in [-0.25, -0.2) is 8.42 Å². The highest BCUT2D eigenvalue weighted by Gasteiger charge is 2.38. The minimum Gasteiger partial charge on any atom is -0.299 e. The van der Waals surface area contributed by atoms with Crippen LogP contribution < -0.4 is 0 Å². The lowest BCUT2D eigenvalue weighted by atomic mass is 10.1. The Hall–Kier alpha value is -0.430. The monoisotopic (exact) mass is 372 g/mol. The predicted octanol–water partition coefficient (Wildman–Crippen LogP) is 2.44. The zero-order chi connectivity index (χ0) is 15.0. The molecule has 2 saturated heterocycles. The molecule has 2 unspecified atom stereocenters. The summed E-state index contributed by atoms with van der Waals surface area (Å²) in [5, 5.41) is 0.742. The fourth-order valence-corrected chi connectivity index (χ4v) is 5.26. The zero-order valence-electron chi connectivity index (χ0n) is 12.2. The fraction of sp³-hybridized carbons (Fsp3) is 0.600. The van der Waals surface area contributed by atoms with Crippen molar-refractivity contribution in [2.75, 3.05) is 20.1 Å². The Kier molecular flexibility index (Phi) is 4.41. The Labute approximate surface area is 135 Å². The van der Waals surface area contributed by atoms with Crippen LogP contribution in [-0.4, -0.2) is 49.8 Å². The molecule has 0 N–H and O–H groups in total. The lowest BCUT2D eigenvalue weighted by Crippen LogP contribution is -2.39. The van der Waals surface area contributed by atoms with Gasteiger partial charge >= 0.3 is 0 Å². The lowest BCUT2D eigenvalue weighted by Gasteiger charge is -2.25. The van der Waals surface area contributed by atoms with Gasteiger partial charge in [0.15, 0.2) is 0 Å². The molecule has 0 spiro atoms. The van der Waals surface area contributed by atoms with Gasteiger partial charge in [-0.15, -0.1) is 0 Å². The van der Waals surface area contributed by atoms with Crippen molar-refractivity contribution in [2.24, 2.45) is 0 Å². The second kappa shape index (κ2) is 5.99. The summed E-state index contributed by atoms with van der Waals surface area (Å²) in [6, 6.07) is 8.10. The molecule has 3 rings (SSSR count). The van der Waals surface area contributed by atoms with Crippen LogP contribution in [0.1, 0.15) is 24.8 Å². The van der Waals surface area contributed by atoms with Crippen molar-refractivity contribution in [3.63, 3.8) is 0 Å². The Morgan fingerprint density at radius 3 is 2.48 bits per heavy atom. The average molecular weight is 373 g/mol. The smallest absolute Gasteiger partial charge is 0.243 e. The molecular weight excluding hydrogens is 352 g/mol. The molecule has 0 aliphatic carbocycles. The molecular formula is C15H21BrN2O2S. The average Bonchev–Trinajstić information content (AvgIpc) is 2.71. The third-order valence-electron chi connectivity index (χ3n) is 4.83. The van der Waals surface area contributed by atoms with E-state index < -0.39 is 10.0 Å². The molecule has 0 radical (unpaired) electrons. The molecule has 2 bridgehead atoms. The summed E-state index contributed by atoms with van der Waals surface area (Å²) in [6.45, 7) is 1.25. The topological polar surface area (TPSA) is 40.6 Å². The third kappa shape index (κ3) is 2.91. The van der Waals surface area contributed by atoms with E-state index in [1.807, 2.05) is 12.1 Å². The first-order valence-electron chi connectivity index (χ1n) is 7.39. The maximum absolute atomic E-state index is 12.8. The molecule has 1 aromatic rings. The number of hydrogen-bond donors (Lipinski definition) is 0. The number of fused-ring (bicyclic) bond motifs is 2. The predicted molar refractivity (Wildman–Crippen MR) is 87.0 cm³/mol. The van der Waals surface area contributed by atoms with Crippen molar-refractivity contribution in [2.45, 2.75) is 41.6 Å². The highest BCUT2D eigenvalue weighted by molar-refractivity contribution is 9.08. The number of sulfonamides is 1. The standard InChI is InChI=1S/C15H21BrN2O2S/c1-17-13-4-5-14(17)11-18(9-8-13)21(19,20)15-6-2-12(10-16)3-7-15/h2-3,6-7,13-14H,4-5,8-11H2,1H3. The molecule has 4 nitrogen and oxygen atoms in total. The van der Waals surface area contributed by atoms with E-state index in [9.17, 15) is 8.42 Å². The van der Waals surface area contributed by atoms with E-state index in [1.165, 1.54) is 6.42 Å². The summed E-state index contributed by atoms with van der Waals surface area (Å²) < 4.78 is 27.3. The number of alkyl halides is 1. The summed E-state index contributed by atoms with van der Waals surface area (Å²) in [7, 11) is -1.24. The van der Waals surface area contributed by atoms with Gasteiger partial charge in [0, 0.05) is 30.5 Å². The van der Waals surface area contributed by atoms with Crippen LogP contribution in [0.15, 0.2) is 29.2 Å². The van der Waals surface area contributed by atoms with E-state index in [4.69, 9.17) is 0 Å². The Balaban J connectivity index is 1.84. The third-order valence-corrected chi connectivity index (χ3v) is 7.35. The van der Waals surface area contributed by atoms with Gasteiger partial charge in [-0.05, 0) is 44.0 Å². The summed E-state index contributed by atoms with van der Waals surface area (Å²) in [6.07, 6.45) is 3.25. The molecule has 2 aliphatic rings. The van der Waals surface area contributed by atoms with E-state index in [1.54, 1.807) is 16.4 Å². The fourth-order valence-electron chi connectivity index (χ4n) is 3.40. The molecule has 116 valence electrons. The number of rotatable bonds is 3. The van der Waals surface area contributed by atoms with Crippen LogP contribution in [0.2, 0.25) is 0 Å². The van der Waals surface area contributed by atoms with Gasteiger partial charge in [-0.1, -0.05) is 28.1 Å².